The van der Waals surface area contributed by atoms with E-state index in [4.69, 9.17) is 28.9 Å². The third kappa shape index (κ3) is 2.40. The van der Waals surface area contributed by atoms with Crippen molar-refractivity contribution in [2.75, 3.05) is 5.73 Å². The van der Waals surface area contributed by atoms with Crippen LogP contribution in [0.15, 0.2) is 30.5 Å². The number of hydrogen-bond acceptors (Lipinski definition) is 3. The smallest absolute Gasteiger partial charge is 0.154 e. The lowest BCUT2D eigenvalue weighted by Gasteiger charge is -2.07. The molecule has 17 heavy (non-hydrogen) atoms. The molecule has 1 heterocycles. The average Bonchev–Trinajstić information content (AvgIpc) is 2.27. The van der Waals surface area contributed by atoms with E-state index in [9.17, 15) is 4.79 Å². The highest BCUT2D eigenvalue weighted by molar-refractivity contribution is 6.35. The fourth-order valence-corrected chi connectivity index (χ4v) is 2.06. The lowest BCUT2D eigenvalue weighted by molar-refractivity contribution is 0.112. The Hall–Kier alpha value is -1.58. The number of benzene rings is 1. The summed E-state index contributed by atoms with van der Waals surface area (Å²) in [5.74, 6) is 0. The number of carbonyl (C=O) groups excluding carboxylic acids is 1. The summed E-state index contributed by atoms with van der Waals surface area (Å²) in [6.45, 7) is 0. The minimum absolute atomic E-state index is 0.339. The second kappa shape index (κ2) is 4.73. The largest absolute Gasteiger partial charge is 0.398 e. The second-order valence-corrected chi connectivity index (χ2v) is 4.31. The molecule has 0 spiro atoms. The molecule has 0 fully saturated rings. The van der Waals surface area contributed by atoms with Crippen LogP contribution in [0, 0.1) is 0 Å². The maximum absolute atomic E-state index is 11.0. The van der Waals surface area contributed by atoms with Gasteiger partial charge in [-0.1, -0.05) is 23.2 Å². The van der Waals surface area contributed by atoms with E-state index in [1.807, 2.05) is 0 Å². The Labute approximate surface area is 108 Å². The lowest BCUT2D eigenvalue weighted by Crippen LogP contribution is -1.98. The van der Waals surface area contributed by atoms with Crippen molar-refractivity contribution in [1.82, 2.24) is 4.98 Å². The van der Waals surface area contributed by atoms with E-state index >= 15 is 0 Å². The van der Waals surface area contributed by atoms with E-state index in [1.54, 1.807) is 24.3 Å². The van der Waals surface area contributed by atoms with Crippen LogP contribution in [0.5, 0.6) is 0 Å². The van der Waals surface area contributed by atoms with Gasteiger partial charge >= 0.3 is 0 Å². The highest BCUT2D eigenvalue weighted by Crippen LogP contribution is 2.29. The number of nitrogens with zero attached hydrogens (tertiary/aromatic N) is 1. The van der Waals surface area contributed by atoms with E-state index < -0.39 is 0 Å². The van der Waals surface area contributed by atoms with Crippen LogP contribution >= 0.6 is 23.2 Å². The second-order valence-electron chi connectivity index (χ2n) is 3.44. The van der Waals surface area contributed by atoms with Crippen LogP contribution in [-0.2, 0) is 0 Å². The molecule has 1 aromatic heterocycles. The average molecular weight is 267 g/mol. The van der Waals surface area contributed by atoms with Gasteiger partial charge in [0, 0.05) is 27.5 Å². The highest BCUT2D eigenvalue weighted by Gasteiger charge is 2.10. The van der Waals surface area contributed by atoms with Crippen molar-refractivity contribution in [3.8, 4) is 11.3 Å². The van der Waals surface area contributed by atoms with Gasteiger partial charge < -0.3 is 5.73 Å². The molecule has 2 N–H and O–H groups in total. The summed E-state index contributed by atoms with van der Waals surface area (Å²) in [4.78, 5) is 15.1. The Morgan fingerprint density at radius 1 is 1.18 bits per heavy atom. The number of halogens is 2. The van der Waals surface area contributed by atoms with Crippen molar-refractivity contribution < 1.29 is 4.79 Å². The lowest BCUT2D eigenvalue weighted by atomic mass is 10.1. The predicted molar refractivity (Wildman–Crippen MR) is 69.5 cm³/mol. The number of rotatable bonds is 2. The molecule has 0 amide bonds. The fourth-order valence-electron chi connectivity index (χ4n) is 1.53. The molecule has 0 saturated heterocycles. The highest BCUT2D eigenvalue weighted by atomic mass is 35.5. The summed E-state index contributed by atoms with van der Waals surface area (Å²) < 4.78 is 0. The van der Waals surface area contributed by atoms with Crippen molar-refractivity contribution >= 4 is 35.2 Å². The van der Waals surface area contributed by atoms with Crippen LogP contribution < -0.4 is 5.73 Å². The number of pyridine rings is 1. The molecule has 2 rings (SSSR count). The summed E-state index contributed by atoms with van der Waals surface area (Å²) in [6, 6.07) is 6.54. The molecule has 2 aromatic rings. The van der Waals surface area contributed by atoms with E-state index in [0.29, 0.717) is 38.8 Å². The maximum atomic E-state index is 11.0. The van der Waals surface area contributed by atoms with E-state index in [2.05, 4.69) is 4.98 Å². The summed E-state index contributed by atoms with van der Waals surface area (Å²) >= 11 is 11.8. The fraction of sp³-hybridized carbons (Fsp3) is 0. The van der Waals surface area contributed by atoms with E-state index in [1.165, 1.54) is 6.20 Å². The van der Waals surface area contributed by atoms with Crippen LogP contribution in [0.4, 0.5) is 5.69 Å². The van der Waals surface area contributed by atoms with Gasteiger partial charge in [-0.2, -0.15) is 0 Å². The molecule has 0 radical (unpaired) electrons. The van der Waals surface area contributed by atoms with Gasteiger partial charge in [-0.3, -0.25) is 9.78 Å². The third-order valence-corrected chi connectivity index (χ3v) is 2.71. The molecule has 0 aliphatic heterocycles. The first-order valence-corrected chi connectivity index (χ1v) is 5.53. The van der Waals surface area contributed by atoms with Crippen LogP contribution in [0.1, 0.15) is 10.4 Å². The Morgan fingerprint density at radius 2 is 1.82 bits per heavy atom. The Morgan fingerprint density at radius 3 is 2.41 bits per heavy atom. The minimum atomic E-state index is 0.339. The molecular formula is C12H8Cl2N2O. The molecule has 0 atom stereocenters. The number of anilines is 1. The van der Waals surface area contributed by atoms with Crippen LogP contribution in [0.25, 0.3) is 11.3 Å². The van der Waals surface area contributed by atoms with E-state index in [-0.39, 0.29) is 0 Å². The van der Waals surface area contributed by atoms with Gasteiger partial charge in [-0.25, -0.2) is 0 Å². The molecule has 3 nitrogen and oxygen atoms in total. The van der Waals surface area contributed by atoms with Crippen LogP contribution in [0.2, 0.25) is 10.0 Å². The van der Waals surface area contributed by atoms with Gasteiger partial charge in [-0.15, -0.1) is 0 Å². The number of nitrogens with two attached hydrogens (primary N) is 1. The van der Waals surface area contributed by atoms with Gasteiger partial charge in [-0.05, 0) is 24.3 Å². The number of carbonyl (C=O) groups is 1. The Kier molecular flexibility index (Phi) is 3.31. The Bertz CT molecular complexity index is 564. The van der Waals surface area contributed by atoms with Crippen molar-refractivity contribution in [1.29, 1.82) is 0 Å². The van der Waals surface area contributed by atoms with Gasteiger partial charge in [0.15, 0.2) is 6.29 Å². The molecule has 0 aliphatic carbocycles. The Balaban J connectivity index is 2.67. The van der Waals surface area contributed by atoms with Gasteiger partial charge in [0.05, 0.1) is 11.3 Å². The molecule has 0 aliphatic rings. The molecule has 86 valence electrons. The van der Waals surface area contributed by atoms with Crippen molar-refractivity contribution in [3.63, 3.8) is 0 Å². The van der Waals surface area contributed by atoms with Crippen molar-refractivity contribution in [2.45, 2.75) is 0 Å². The number of aldehydes is 1. The summed E-state index contributed by atoms with van der Waals surface area (Å²) in [6.07, 6.45) is 2.21. The summed E-state index contributed by atoms with van der Waals surface area (Å²) in [5, 5.41) is 0.960. The van der Waals surface area contributed by atoms with Gasteiger partial charge in [0.25, 0.3) is 0 Å². The summed E-state index contributed by atoms with van der Waals surface area (Å²) in [5.41, 5.74) is 7.56. The number of aromatic nitrogens is 1. The summed E-state index contributed by atoms with van der Waals surface area (Å²) in [7, 11) is 0. The molecule has 0 unspecified atom stereocenters. The van der Waals surface area contributed by atoms with Gasteiger partial charge in [0.1, 0.15) is 0 Å². The molecule has 0 saturated carbocycles. The first kappa shape index (κ1) is 11.9. The van der Waals surface area contributed by atoms with Crippen molar-refractivity contribution in [3.05, 3.63) is 46.1 Å². The topological polar surface area (TPSA) is 56.0 Å². The standard InChI is InChI=1S/C12H8Cl2N2O/c13-8-3-7(4-9(14)5-8)12-10(6-17)11(15)1-2-16-12/h1-6H,(H2,15,16). The molecule has 0 bridgehead atoms. The molecule has 5 heteroatoms. The zero-order chi connectivity index (χ0) is 12.4. The minimum Gasteiger partial charge on any atom is -0.398 e. The number of nitrogen functional groups attached to an aromatic ring is 1. The zero-order valence-electron chi connectivity index (χ0n) is 8.65. The first-order chi connectivity index (χ1) is 8.11. The third-order valence-electron chi connectivity index (χ3n) is 2.28. The van der Waals surface area contributed by atoms with Crippen LogP contribution in [0.3, 0.4) is 0 Å². The SMILES string of the molecule is Nc1ccnc(-c2cc(Cl)cc(Cl)c2)c1C=O. The maximum Gasteiger partial charge on any atom is 0.154 e. The van der Waals surface area contributed by atoms with Crippen LogP contribution in [-0.4, -0.2) is 11.3 Å². The quantitative estimate of drug-likeness (QED) is 0.848. The monoisotopic (exact) mass is 266 g/mol. The van der Waals surface area contributed by atoms with Gasteiger partial charge in [0.2, 0.25) is 0 Å². The van der Waals surface area contributed by atoms with Crippen molar-refractivity contribution in [2.24, 2.45) is 0 Å². The van der Waals surface area contributed by atoms with E-state index in [0.717, 1.165) is 0 Å². The zero-order valence-corrected chi connectivity index (χ0v) is 10.2. The molecular weight excluding hydrogens is 259 g/mol. The first-order valence-electron chi connectivity index (χ1n) is 4.78. The normalized spacial score (nSPS) is 10.2. The molecule has 1 aromatic carbocycles. The predicted octanol–water partition coefficient (Wildman–Crippen LogP) is 3.45. The number of hydrogen-bond donors (Lipinski definition) is 1.